The first-order chi connectivity index (χ1) is 18.5. The number of hydrogen-bond donors (Lipinski definition) is 2. The summed E-state index contributed by atoms with van der Waals surface area (Å²) in [6, 6.07) is 9.64. The van der Waals surface area contributed by atoms with Crippen molar-refractivity contribution in [2.45, 2.75) is 18.9 Å². The van der Waals surface area contributed by atoms with Gasteiger partial charge in [0.15, 0.2) is 11.5 Å². The van der Waals surface area contributed by atoms with Crippen LogP contribution in [0.3, 0.4) is 0 Å². The number of alkyl halides is 2. The molecule has 1 fully saturated rings. The van der Waals surface area contributed by atoms with Crippen LogP contribution in [0.25, 0.3) is 56.0 Å². The number of likely N-dealkylation sites (tertiary alicyclic amines) is 1. The van der Waals surface area contributed by atoms with Crippen LogP contribution in [0.2, 0.25) is 0 Å². The van der Waals surface area contributed by atoms with E-state index in [1.807, 2.05) is 30.3 Å². The van der Waals surface area contributed by atoms with E-state index < -0.39 is 5.92 Å². The number of rotatable bonds is 5. The highest BCUT2D eigenvalue weighted by Crippen LogP contribution is 2.32. The highest BCUT2D eigenvalue weighted by molar-refractivity contribution is 5.96. The van der Waals surface area contributed by atoms with Crippen molar-refractivity contribution in [3.05, 3.63) is 73.1 Å². The van der Waals surface area contributed by atoms with Gasteiger partial charge in [-0.2, -0.15) is 5.10 Å². The van der Waals surface area contributed by atoms with Crippen LogP contribution in [0.4, 0.5) is 8.78 Å². The molecule has 0 bridgehead atoms. The predicted octanol–water partition coefficient (Wildman–Crippen LogP) is 4.86. The molecule has 0 amide bonds. The maximum Gasteiger partial charge on any atom is 0.261 e. The zero-order valence-corrected chi connectivity index (χ0v) is 20.1. The van der Waals surface area contributed by atoms with E-state index >= 15 is 0 Å². The van der Waals surface area contributed by atoms with Crippen molar-refractivity contribution in [3.8, 4) is 33.9 Å². The van der Waals surface area contributed by atoms with Gasteiger partial charge in [0.25, 0.3) is 5.92 Å². The van der Waals surface area contributed by atoms with Gasteiger partial charge in [0.1, 0.15) is 11.2 Å². The standard InChI is InChI=1S/C27H21F2N9/c28-27(29)4-7-38(15-27)14-16-8-18(12-31-10-16)19-9-20-23(36-37-25(20)33-13-19)26-34-21-3-6-32-22(24(21)35-26)17-2-1-5-30-11-17/h1-3,5-6,8-13H,4,7,14-15H2,(H,34,35)(H,33,36,37). The number of nitrogens with one attached hydrogen (secondary N) is 2. The second-order valence-corrected chi connectivity index (χ2v) is 9.48. The summed E-state index contributed by atoms with van der Waals surface area (Å²) in [6.07, 6.45) is 10.3. The Morgan fingerprint density at radius 3 is 2.68 bits per heavy atom. The fourth-order valence-electron chi connectivity index (χ4n) is 4.94. The Hall–Kier alpha value is -4.64. The third-order valence-electron chi connectivity index (χ3n) is 6.77. The quantitative estimate of drug-likeness (QED) is 0.341. The lowest BCUT2D eigenvalue weighted by Crippen LogP contribution is -2.24. The molecule has 11 heteroatoms. The van der Waals surface area contributed by atoms with Gasteiger partial charge in [0.05, 0.1) is 23.1 Å². The second-order valence-electron chi connectivity index (χ2n) is 9.48. The minimum absolute atomic E-state index is 0.106. The molecule has 1 saturated heterocycles. The highest BCUT2D eigenvalue weighted by Gasteiger charge is 2.37. The van der Waals surface area contributed by atoms with Crippen molar-refractivity contribution in [2.75, 3.05) is 13.1 Å². The molecule has 6 aromatic rings. The first-order valence-corrected chi connectivity index (χ1v) is 12.2. The van der Waals surface area contributed by atoms with Crippen molar-refractivity contribution in [1.82, 2.24) is 45.0 Å². The van der Waals surface area contributed by atoms with Gasteiger partial charge in [-0.05, 0) is 35.9 Å². The van der Waals surface area contributed by atoms with E-state index in [1.165, 1.54) is 0 Å². The molecule has 38 heavy (non-hydrogen) atoms. The second kappa shape index (κ2) is 8.73. The van der Waals surface area contributed by atoms with Gasteiger partial charge in [-0.1, -0.05) is 0 Å². The van der Waals surface area contributed by atoms with Gasteiger partial charge in [0, 0.05) is 73.4 Å². The molecular formula is C27H21F2N9. The van der Waals surface area contributed by atoms with Gasteiger partial charge in [-0.15, -0.1) is 0 Å². The normalized spacial score (nSPS) is 15.5. The molecule has 0 radical (unpaired) electrons. The van der Waals surface area contributed by atoms with Crippen LogP contribution in [0.5, 0.6) is 0 Å². The highest BCUT2D eigenvalue weighted by atomic mass is 19.3. The first kappa shape index (κ1) is 22.5. The minimum atomic E-state index is -2.62. The molecule has 0 saturated carbocycles. The van der Waals surface area contributed by atoms with Crippen molar-refractivity contribution in [3.63, 3.8) is 0 Å². The van der Waals surface area contributed by atoms with Crippen LogP contribution in [-0.2, 0) is 6.54 Å². The van der Waals surface area contributed by atoms with Crippen LogP contribution in [0.1, 0.15) is 12.0 Å². The summed E-state index contributed by atoms with van der Waals surface area (Å²) in [4.78, 5) is 27.6. The molecule has 1 aliphatic heterocycles. The molecule has 2 N–H and O–H groups in total. The van der Waals surface area contributed by atoms with Crippen molar-refractivity contribution >= 4 is 22.1 Å². The van der Waals surface area contributed by atoms with Gasteiger partial charge in [-0.3, -0.25) is 25.0 Å². The number of fused-ring (bicyclic) bond motifs is 2. The SMILES string of the molecule is FC1(F)CCN(Cc2cncc(-c3cnc4n[nH]c(-c5nc6c(-c7cccnc7)nccc6[nH]5)c4c3)c2)C1. The maximum absolute atomic E-state index is 13.6. The van der Waals surface area contributed by atoms with Gasteiger partial charge >= 0.3 is 0 Å². The molecule has 9 nitrogen and oxygen atoms in total. The zero-order chi connectivity index (χ0) is 25.7. The van der Waals surface area contributed by atoms with E-state index in [2.05, 4.69) is 35.1 Å². The van der Waals surface area contributed by atoms with Crippen LogP contribution in [0, 0.1) is 0 Å². The van der Waals surface area contributed by atoms with E-state index in [0.717, 1.165) is 44.4 Å². The summed E-state index contributed by atoms with van der Waals surface area (Å²) in [5, 5.41) is 8.22. The van der Waals surface area contributed by atoms with E-state index in [0.29, 0.717) is 30.3 Å². The number of nitrogens with zero attached hydrogens (tertiary/aromatic N) is 7. The average Bonchev–Trinajstić information content (AvgIpc) is 3.64. The Labute approximate surface area is 215 Å². The molecule has 0 unspecified atom stereocenters. The van der Waals surface area contributed by atoms with Crippen molar-refractivity contribution in [2.24, 2.45) is 0 Å². The monoisotopic (exact) mass is 509 g/mol. The topological polar surface area (TPSA) is 112 Å². The lowest BCUT2D eigenvalue weighted by atomic mass is 10.1. The van der Waals surface area contributed by atoms with E-state index in [1.54, 1.807) is 42.1 Å². The summed E-state index contributed by atoms with van der Waals surface area (Å²) in [5.74, 6) is -2.01. The Morgan fingerprint density at radius 2 is 1.84 bits per heavy atom. The molecular weight excluding hydrogens is 488 g/mol. The lowest BCUT2D eigenvalue weighted by Gasteiger charge is -2.15. The molecule has 0 aromatic carbocycles. The molecule has 0 spiro atoms. The molecule has 6 aromatic heterocycles. The number of halogens is 2. The van der Waals surface area contributed by atoms with Gasteiger partial charge in [0.2, 0.25) is 0 Å². The smallest absolute Gasteiger partial charge is 0.261 e. The average molecular weight is 510 g/mol. The predicted molar refractivity (Wildman–Crippen MR) is 138 cm³/mol. The fourth-order valence-corrected chi connectivity index (χ4v) is 4.94. The summed E-state index contributed by atoms with van der Waals surface area (Å²) in [7, 11) is 0. The van der Waals surface area contributed by atoms with Crippen LogP contribution in [-0.4, -0.2) is 64.0 Å². The molecule has 0 atom stereocenters. The molecule has 7 rings (SSSR count). The first-order valence-electron chi connectivity index (χ1n) is 12.2. The Bertz CT molecular complexity index is 1780. The minimum Gasteiger partial charge on any atom is -0.337 e. The number of aromatic nitrogens is 8. The number of pyridine rings is 4. The summed E-state index contributed by atoms with van der Waals surface area (Å²) < 4.78 is 27.3. The van der Waals surface area contributed by atoms with Crippen molar-refractivity contribution in [1.29, 1.82) is 0 Å². The third-order valence-corrected chi connectivity index (χ3v) is 6.77. The number of aromatic amines is 2. The third kappa shape index (κ3) is 4.06. The Kier molecular flexibility index (Phi) is 5.18. The zero-order valence-electron chi connectivity index (χ0n) is 20.1. The molecule has 1 aliphatic rings. The Balaban J connectivity index is 1.24. The van der Waals surface area contributed by atoms with Crippen LogP contribution >= 0.6 is 0 Å². The van der Waals surface area contributed by atoms with Crippen LogP contribution in [0.15, 0.2) is 67.5 Å². The summed E-state index contributed by atoms with van der Waals surface area (Å²) in [6.45, 7) is 0.576. The summed E-state index contributed by atoms with van der Waals surface area (Å²) in [5.41, 5.74) is 7.00. The van der Waals surface area contributed by atoms with Gasteiger partial charge in [-0.25, -0.2) is 18.7 Å². The number of hydrogen-bond acceptors (Lipinski definition) is 7. The van der Waals surface area contributed by atoms with E-state index in [-0.39, 0.29) is 13.0 Å². The Morgan fingerprint density at radius 1 is 0.947 bits per heavy atom. The maximum atomic E-state index is 13.6. The molecule has 7 heterocycles. The molecule has 0 aliphatic carbocycles. The van der Waals surface area contributed by atoms with E-state index in [4.69, 9.17) is 4.98 Å². The van der Waals surface area contributed by atoms with E-state index in [9.17, 15) is 8.78 Å². The number of H-pyrrole nitrogens is 2. The van der Waals surface area contributed by atoms with Gasteiger partial charge < -0.3 is 4.98 Å². The van der Waals surface area contributed by atoms with Crippen molar-refractivity contribution < 1.29 is 8.78 Å². The fraction of sp³-hybridized carbons (Fsp3) is 0.185. The molecule has 188 valence electrons. The van der Waals surface area contributed by atoms with Crippen LogP contribution < -0.4 is 0 Å². The summed E-state index contributed by atoms with van der Waals surface area (Å²) >= 11 is 0. The largest absolute Gasteiger partial charge is 0.337 e. The lowest BCUT2D eigenvalue weighted by molar-refractivity contribution is 0.0115. The number of imidazole rings is 1.